The lowest BCUT2D eigenvalue weighted by molar-refractivity contribution is -0.101. The molecule has 1 unspecified atom stereocenters. The fourth-order valence-electron chi connectivity index (χ4n) is 4.83. The zero-order valence-corrected chi connectivity index (χ0v) is 20.5. The van der Waals surface area contributed by atoms with Gasteiger partial charge in [-0.05, 0) is 37.5 Å². The Balaban J connectivity index is 1.55. The van der Waals surface area contributed by atoms with Crippen LogP contribution >= 0.6 is 0 Å². The summed E-state index contributed by atoms with van der Waals surface area (Å²) in [5.74, 6) is -0.475. The van der Waals surface area contributed by atoms with Crippen LogP contribution in [0.15, 0.2) is 71.7 Å². The van der Waals surface area contributed by atoms with Gasteiger partial charge in [0.05, 0.1) is 11.6 Å². The number of aryl methyl sites for hydroxylation is 1. The van der Waals surface area contributed by atoms with E-state index in [2.05, 4.69) is 0 Å². The number of nitrogens with zero attached hydrogens (tertiary/aromatic N) is 2. The second kappa shape index (κ2) is 9.30. The van der Waals surface area contributed by atoms with Crippen LogP contribution in [0.2, 0.25) is 0 Å². The van der Waals surface area contributed by atoms with Gasteiger partial charge < -0.3 is 19.3 Å². The molecule has 1 aliphatic rings. The smallest absolute Gasteiger partial charge is 0.411 e. The van der Waals surface area contributed by atoms with Crippen LogP contribution in [0.3, 0.4) is 0 Å². The summed E-state index contributed by atoms with van der Waals surface area (Å²) in [6.07, 6.45) is 1.55. The van der Waals surface area contributed by atoms with Crippen LogP contribution in [-0.2, 0) is 17.4 Å². The van der Waals surface area contributed by atoms with E-state index >= 15 is 0 Å². The van der Waals surface area contributed by atoms with E-state index in [-0.39, 0.29) is 23.6 Å². The topological polar surface area (TPSA) is 71.8 Å². The molecule has 4 rings (SSSR count). The number of carbonyl (C=O) groups is 1. The van der Waals surface area contributed by atoms with E-state index in [9.17, 15) is 19.1 Å². The minimum absolute atomic E-state index is 0.240. The maximum atomic E-state index is 14.4. The molecule has 35 heavy (non-hydrogen) atoms. The highest BCUT2D eigenvalue weighted by Crippen LogP contribution is 2.42. The molecule has 184 valence electrons. The van der Waals surface area contributed by atoms with E-state index in [1.54, 1.807) is 30.9 Å². The predicted molar refractivity (Wildman–Crippen MR) is 132 cm³/mol. The molecule has 3 aromatic rings. The van der Waals surface area contributed by atoms with Gasteiger partial charge in [-0.1, -0.05) is 54.6 Å². The van der Waals surface area contributed by atoms with Crippen LogP contribution in [0.1, 0.15) is 50.8 Å². The van der Waals surface area contributed by atoms with Crippen LogP contribution < -0.4 is 5.56 Å². The number of hydrogen-bond donors (Lipinski definition) is 1. The molecule has 1 fully saturated rings. The van der Waals surface area contributed by atoms with E-state index in [1.807, 2.05) is 49.4 Å². The largest absolute Gasteiger partial charge is 0.438 e. The van der Waals surface area contributed by atoms with Gasteiger partial charge in [-0.2, -0.15) is 0 Å². The minimum atomic E-state index is -1.02. The third-order valence-corrected chi connectivity index (χ3v) is 6.64. The molecule has 0 bridgehead atoms. The molecule has 0 aliphatic carbocycles. The van der Waals surface area contributed by atoms with E-state index in [1.165, 1.54) is 23.9 Å². The van der Waals surface area contributed by atoms with Gasteiger partial charge in [0.2, 0.25) is 0 Å². The quantitative estimate of drug-likeness (QED) is 0.532. The lowest BCUT2D eigenvalue weighted by Gasteiger charge is -2.45. The summed E-state index contributed by atoms with van der Waals surface area (Å²) in [5.41, 5.74) is 0.339. The Labute approximate surface area is 204 Å². The zero-order chi connectivity index (χ0) is 25.4. The number of cyclic esters (lactones) is 1. The van der Waals surface area contributed by atoms with E-state index in [0.717, 1.165) is 11.1 Å². The molecule has 1 amide bonds. The van der Waals surface area contributed by atoms with Crippen molar-refractivity contribution in [1.82, 2.24) is 9.47 Å². The van der Waals surface area contributed by atoms with Crippen LogP contribution in [0.25, 0.3) is 11.1 Å². The number of aromatic nitrogens is 1. The number of pyridine rings is 1. The molecule has 1 aromatic heterocycles. The molecule has 0 spiro atoms. The van der Waals surface area contributed by atoms with Gasteiger partial charge >= 0.3 is 6.09 Å². The van der Waals surface area contributed by atoms with Gasteiger partial charge in [0.1, 0.15) is 11.4 Å². The SMILES string of the molecule is CC(c1ccc(-c2cc(=O)n(C)cc2F)cc1)N1CC[C@](CC(C)(C)O)(c2ccccc2)OC1=O. The summed E-state index contributed by atoms with van der Waals surface area (Å²) in [6, 6.07) is 17.7. The highest BCUT2D eigenvalue weighted by atomic mass is 19.1. The number of benzene rings is 2. The number of rotatable bonds is 6. The van der Waals surface area contributed by atoms with Crippen molar-refractivity contribution in [3.05, 3.63) is 94.2 Å². The van der Waals surface area contributed by atoms with Gasteiger partial charge in [-0.25, -0.2) is 9.18 Å². The first kappa shape index (κ1) is 24.7. The number of carbonyl (C=O) groups excluding carboxylic acids is 1. The van der Waals surface area contributed by atoms with Crippen molar-refractivity contribution in [2.45, 2.75) is 50.9 Å². The first-order valence-corrected chi connectivity index (χ1v) is 11.7. The average molecular weight is 479 g/mol. The van der Waals surface area contributed by atoms with E-state index < -0.39 is 23.1 Å². The average Bonchev–Trinajstić information content (AvgIpc) is 2.81. The fourth-order valence-corrected chi connectivity index (χ4v) is 4.83. The lowest BCUT2D eigenvalue weighted by atomic mass is 9.80. The molecule has 2 aromatic carbocycles. The summed E-state index contributed by atoms with van der Waals surface area (Å²) in [4.78, 5) is 26.8. The minimum Gasteiger partial charge on any atom is -0.438 e. The molecular weight excluding hydrogens is 447 g/mol. The Bertz CT molecular complexity index is 1260. The molecule has 1 N–H and O–H groups in total. The number of aliphatic hydroxyl groups is 1. The van der Waals surface area contributed by atoms with Gasteiger partial charge in [-0.15, -0.1) is 0 Å². The lowest BCUT2D eigenvalue weighted by Crippen LogP contribution is -2.51. The molecule has 0 radical (unpaired) electrons. The van der Waals surface area contributed by atoms with Gasteiger partial charge in [0.15, 0.2) is 0 Å². The Kier molecular flexibility index (Phi) is 6.56. The van der Waals surface area contributed by atoms with Crippen molar-refractivity contribution in [2.75, 3.05) is 6.54 Å². The van der Waals surface area contributed by atoms with Crippen LogP contribution in [0, 0.1) is 5.82 Å². The van der Waals surface area contributed by atoms with Crippen molar-refractivity contribution in [3.63, 3.8) is 0 Å². The number of amides is 1. The van der Waals surface area contributed by atoms with Crippen molar-refractivity contribution < 1.29 is 19.0 Å². The maximum Gasteiger partial charge on any atom is 0.411 e. The molecule has 1 aliphatic heterocycles. The summed E-state index contributed by atoms with van der Waals surface area (Å²) < 4.78 is 21.7. The van der Waals surface area contributed by atoms with Crippen LogP contribution in [0.4, 0.5) is 9.18 Å². The molecular formula is C28H31FN2O4. The maximum absolute atomic E-state index is 14.4. The number of hydrogen-bond acceptors (Lipinski definition) is 4. The predicted octanol–water partition coefficient (Wildman–Crippen LogP) is 5.15. The molecule has 2 atom stereocenters. The Morgan fingerprint density at radius 3 is 2.37 bits per heavy atom. The first-order chi connectivity index (χ1) is 16.5. The Hall–Kier alpha value is -3.45. The standard InChI is InChI=1S/C28H31FN2O4/c1-19(20-10-12-21(13-11-20)23-16-25(32)30(4)17-24(23)29)31-15-14-28(35-26(31)33,18-27(2,3)34)22-8-6-5-7-9-22/h5-13,16-17,19,34H,14-15,18H2,1-4H3/t19?,28-/m0/s1. The van der Waals surface area contributed by atoms with Gasteiger partial charge in [0, 0.05) is 44.3 Å². The van der Waals surface area contributed by atoms with Crippen LogP contribution in [0.5, 0.6) is 0 Å². The molecule has 1 saturated heterocycles. The van der Waals surface area contributed by atoms with Gasteiger partial charge in [-0.3, -0.25) is 4.79 Å². The van der Waals surface area contributed by atoms with Crippen molar-refractivity contribution in [1.29, 1.82) is 0 Å². The number of ether oxygens (including phenoxy) is 1. The number of halogens is 1. The van der Waals surface area contributed by atoms with Crippen molar-refractivity contribution in [3.8, 4) is 11.1 Å². The molecule has 0 saturated carbocycles. The summed E-state index contributed by atoms with van der Waals surface area (Å²) >= 11 is 0. The van der Waals surface area contributed by atoms with Crippen LogP contribution in [-0.4, -0.2) is 32.8 Å². The highest BCUT2D eigenvalue weighted by Gasteiger charge is 2.46. The third-order valence-electron chi connectivity index (χ3n) is 6.64. The van der Waals surface area contributed by atoms with E-state index in [4.69, 9.17) is 4.74 Å². The monoisotopic (exact) mass is 478 g/mol. The summed E-state index contributed by atoms with van der Waals surface area (Å²) in [5, 5.41) is 10.6. The highest BCUT2D eigenvalue weighted by molar-refractivity contribution is 5.70. The first-order valence-electron chi connectivity index (χ1n) is 11.7. The van der Waals surface area contributed by atoms with Gasteiger partial charge in [0.25, 0.3) is 5.56 Å². The second-order valence-corrected chi connectivity index (χ2v) is 9.94. The van der Waals surface area contributed by atoms with E-state index in [0.29, 0.717) is 18.5 Å². The normalized spacial score (nSPS) is 19.4. The molecule has 7 heteroatoms. The third kappa shape index (κ3) is 5.15. The van der Waals surface area contributed by atoms with Crippen molar-refractivity contribution >= 4 is 6.09 Å². The Morgan fingerprint density at radius 2 is 1.77 bits per heavy atom. The summed E-state index contributed by atoms with van der Waals surface area (Å²) in [7, 11) is 1.51. The molecule has 2 heterocycles. The Morgan fingerprint density at radius 1 is 1.11 bits per heavy atom. The zero-order valence-electron chi connectivity index (χ0n) is 20.5. The molecule has 6 nitrogen and oxygen atoms in total. The fraction of sp³-hybridized carbons (Fsp3) is 0.357. The van der Waals surface area contributed by atoms with Crippen molar-refractivity contribution in [2.24, 2.45) is 7.05 Å². The second-order valence-electron chi connectivity index (χ2n) is 9.94. The summed E-state index contributed by atoms with van der Waals surface area (Å²) in [6.45, 7) is 5.80.